The van der Waals surface area contributed by atoms with Crippen LogP contribution in [0.3, 0.4) is 0 Å². The predicted molar refractivity (Wildman–Crippen MR) is 305 cm³/mol. The van der Waals surface area contributed by atoms with Crippen molar-refractivity contribution in [2.75, 3.05) is 51.7 Å². The molecule has 0 aliphatic carbocycles. The third-order valence-electron chi connectivity index (χ3n) is 13.1. The van der Waals surface area contributed by atoms with Gasteiger partial charge in [-0.05, 0) is 95.7 Å². The van der Waals surface area contributed by atoms with E-state index in [1.807, 2.05) is 38.9 Å². The molecular formula is C51H83N17O13S. The van der Waals surface area contributed by atoms with Crippen molar-refractivity contribution in [2.45, 2.75) is 145 Å². The average Bonchev–Trinajstić information content (AvgIpc) is 4.05. The zero-order valence-corrected chi connectivity index (χ0v) is 47.8. The SMILES string of the molecule is CC(C)C[C@H](NS(=O)(=O)c1cccc2c(N(C)C)cccc12)C(=O)N1CCC[C@H]1C(=O)N[C@@H](CCCCN)C(=O)N[C@H](C(=O)NCC(=O)N[C@@H](CC(=O)O)C(=O)N[C@@H](CCCN=C(N)N)C(=O)N[C@@H](CCCN=C(N)N)C(N)=O)[C@@H](C)O. The van der Waals surface area contributed by atoms with E-state index in [0.29, 0.717) is 30.0 Å². The van der Waals surface area contributed by atoms with Crippen LogP contribution in [-0.2, 0) is 53.2 Å². The third kappa shape index (κ3) is 21.9. The van der Waals surface area contributed by atoms with E-state index in [4.69, 9.17) is 34.4 Å². The molecular weight excluding hydrogens is 1090 g/mol. The highest BCUT2D eigenvalue weighted by molar-refractivity contribution is 7.89. The molecule has 1 fully saturated rings. The summed E-state index contributed by atoms with van der Waals surface area (Å²) in [5.41, 5.74) is 33.5. The summed E-state index contributed by atoms with van der Waals surface area (Å²) in [5.74, 6) is -9.75. The number of carbonyl (C=O) groups excluding carboxylic acids is 8. The molecule has 31 heteroatoms. The maximum Gasteiger partial charge on any atom is 0.305 e. The highest BCUT2D eigenvalue weighted by Gasteiger charge is 2.41. The molecule has 2 aromatic carbocycles. The summed E-state index contributed by atoms with van der Waals surface area (Å²) in [5, 5.41) is 35.8. The Morgan fingerprint density at radius 2 is 1.27 bits per heavy atom. The average molecular weight is 1170 g/mol. The number of aliphatic imine (C=N–C) groups is 2. The molecule has 1 aliphatic heterocycles. The Balaban J connectivity index is 1.77. The topological polar surface area (TPSA) is 500 Å². The normalized spacial score (nSPS) is 15.8. The first kappa shape index (κ1) is 68.4. The molecule has 30 nitrogen and oxygen atoms in total. The summed E-state index contributed by atoms with van der Waals surface area (Å²) in [7, 11) is -0.664. The fourth-order valence-electron chi connectivity index (χ4n) is 9.01. The van der Waals surface area contributed by atoms with E-state index in [1.165, 1.54) is 11.0 Å². The number of carboxylic acids is 1. The minimum absolute atomic E-state index is 0.00467. The van der Waals surface area contributed by atoms with Gasteiger partial charge in [-0.1, -0.05) is 38.1 Å². The van der Waals surface area contributed by atoms with Crippen molar-refractivity contribution in [1.29, 1.82) is 0 Å². The molecule has 21 N–H and O–H groups in total. The number of nitrogens with one attached hydrogen (secondary N) is 7. The number of rotatable bonds is 35. The molecule has 8 atom stereocenters. The molecule has 0 saturated carbocycles. The Bertz CT molecular complexity index is 2740. The van der Waals surface area contributed by atoms with Gasteiger partial charge in [0.05, 0.1) is 24.0 Å². The second-order valence-electron chi connectivity index (χ2n) is 20.4. The number of fused-ring (bicyclic) bond motifs is 1. The molecule has 0 aromatic heterocycles. The first-order valence-electron chi connectivity index (χ1n) is 26.9. The molecule has 456 valence electrons. The van der Waals surface area contributed by atoms with Crippen molar-refractivity contribution in [1.82, 2.24) is 41.5 Å². The molecule has 0 spiro atoms. The lowest BCUT2D eigenvalue weighted by atomic mass is 10.0. The quantitative estimate of drug-likeness (QED) is 0.0176. The highest BCUT2D eigenvalue weighted by Crippen LogP contribution is 2.31. The molecule has 1 aliphatic rings. The molecule has 0 unspecified atom stereocenters. The van der Waals surface area contributed by atoms with Crippen molar-refractivity contribution >= 4 is 91.6 Å². The number of hydrogen-bond donors (Lipinski definition) is 15. The van der Waals surface area contributed by atoms with Gasteiger partial charge in [-0.3, -0.25) is 53.1 Å². The minimum Gasteiger partial charge on any atom is -0.481 e. The van der Waals surface area contributed by atoms with Crippen LogP contribution in [0, 0.1) is 5.92 Å². The van der Waals surface area contributed by atoms with E-state index < -0.39 is 125 Å². The first-order chi connectivity index (χ1) is 38.6. The van der Waals surface area contributed by atoms with E-state index in [0.717, 1.165) is 12.6 Å². The van der Waals surface area contributed by atoms with Crippen molar-refractivity contribution in [3.63, 3.8) is 0 Å². The number of carboxylic acid groups (broad SMARTS) is 1. The van der Waals surface area contributed by atoms with Crippen LogP contribution in [0.5, 0.6) is 0 Å². The van der Waals surface area contributed by atoms with Crippen LogP contribution in [0.1, 0.15) is 91.4 Å². The smallest absolute Gasteiger partial charge is 0.305 e. The second kappa shape index (κ2) is 33.1. The van der Waals surface area contributed by atoms with Gasteiger partial charge in [0.1, 0.15) is 42.3 Å². The van der Waals surface area contributed by atoms with E-state index >= 15 is 0 Å². The van der Waals surface area contributed by atoms with E-state index in [9.17, 15) is 61.8 Å². The number of nitrogens with two attached hydrogens (primary N) is 6. The number of hydrogen-bond acceptors (Lipinski definition) is 16. The van der Waals surface area contributed by atoms with Gasteiger partial charge in [-0.25, -0.2) is 8.42 Å². The number of aliphatic hydroxyl groups excluding tert-OH is 1. The van der Waals surface area contributed by atoms with Crippen LogP contribution in [0.4, 0.5) is 5.69 Å². The van der Waals surface area contributed by atoms with Crippen molar-refractivity contribution in [2.24, 2.45) is 50.3 Å². The molecule has 82 heavy (non-hydrogen) atoms. The molecule has 3 rings (SSSR count). The third-order valence-corrected chi connectivity index (χ3v) is 14.6. The lowest BCUT2D eigenvalue weighted by molar-refractivity contribution is -0.141. The zero-order chi connectivity index (χ0) is 61.4. The maximum absolute atomic E-state index is 14.4. The summed E-state index contributed by atoms with van der Waals surface area (Å²) in [4.78, 5) is 131. The lowest BCUT2D eigenvalue weighted by Gasteiger charge is -2.31. The first-order valence-corrected chi connectivity index (χ1v) is 28.4. The van der Waals surface area contributed by atoms with Gasteiger partial charge < -0.3 is 86.3 Å². The van der Waals surface area contributed by atoms with Gasteiger partial charge in [0.15, 0.2) is 11.9 Å². The number of anilines is 1. The summed E-state index contributed by atoms with van der Waals surface area (Å²) >= 11 is 0. The monoisotopic (exact) mass is 1170 g/mol. The number of likely N-dealkylation sites (tertiary alicyclic amines) is 1. The van der Waals surface area contributed by atoms with E-state index in [1.54, 1.807) is 24.3 Å². The molecule has 0 radical (unpaired) electrons. The van der Waals surface area contributed by atoms with E-state index in [2.05, 4.69) is 46.6 Å². The number of sulfonamides is 1. The van der Waals surface area contributed by atoms with Crippen molar-refractivity contribution in [3.05, 3.63) is 36.4 Å². The van der Waals surface area contributed by atoms with E-state index in [-0.39, 0.29) is 93.9 Å². The number of carbonyl (C=O) groups is 9. The predicted octanol–water partition coefficient (Wildman–Crippen LogP) is -4.29. The molecule has 1 saturated heterocycles. The zero-order valence-electron chi connectivity index (χ0n) is 47.0. The lowest BCUT2D eigenvalue weighted by Crippen LogP contribution is -2.60. The van der Waals surface area contributed by atoms with Crippen LogP contribution < -0.4 is 75.9 Å². The van der Waals surface area contributed by atoms with Gasteiger partial charge in [0, 0.05) is 50.2 Å². The number of unbranched alkanes of at least 4 members (excludes halogenated alkanes) is 1. The summed E-state index contributed by atoms with van der Waals surface area (Å²) in [6.07, 6.45) is -1.16. The molecule has 1 heterocycles. The van der Waals surface area contributed by atoms with Crippen molar-refractivity contribution in [3.8, 4) is 0 Å². The molecule has 2 aromatic rings. The van der Waals surface area contributed by atoms with Gasteiger partial charge in [-0.15, -0.1) is 0 Å². The Morgan fingerprint density at radius 1 is 0.707 bits per heavy atom. The Morgan fingerprint density at radius 3 is 1.84 bits per heavy atom. The molecule has 0 bridgehead atoms. The highest BCUT2D eigenvalue weighted by atomic mass is 32.2. The standard InChI is InChI=1S/C51H83N17O13S/c1-28(2)25-36(66-82(80,81)39-20-9-13-30-31(39)14-8-18-37(30)67(4)5)49(79)68-24-12-19-38(68)47(77)64-33(15-6-7-21-52)45(75)65-42(29(3)69)48(78)60-27-40(70)61-35(26-41(71)72)46(76)63-34(17-11-23-59-51(56)57)44(74)62-32(43(53)73)16-10-22-58-50(54)55/h8-9,13-14,18,20,28-29,32-36,38,42,66,69H,6-7,10-12,15-17,19,21-27,52H2,1-5H3,(H2,53,73)(H,60,78)(H,61,70)(H,62,74)(H,63,76)(H,64,77)(H,65,75)(H,71,72)(H4,54,55,58)(H4,56,57,59)/t29-,32+,33+,34+,35+,36+,38+,42+/m1/s1. The number of guanidine groups is 2. The summed E-state index contributed by atoms with van der Waals surface area (Å²) in [6, 6.07) is 0.0477. The number of aliphatic carboxylic acids is 1. The van der Waals surface area contributed by atoms with Gasteiger partial charge in [0.25, 0.3) is 0 Å². The van der Waals surface area contributed by atoms with Gasteiger partial charge >= 0.3 is 5.97 Å². The van der Waals surface area contributed by atoms with Crippen LogP contribution in [0.2, 0.25) is 0 Å². The van der Waals surface area contributed by atoms with Crippen LogP contribution in [0.15, 0.2) is 51.3 Å². The fourth-order valence-corrected chi connectivity index (χ4v) is 10.4. The van der Waals surface area contributed by atoms with Gasteiger partial charge in [-0.2, -0.15) is 4.72 Å². The number of nitrogens with zero attached hydrogens (tertiary/aromatic N) is 4. The second-order valence-corrected chi connectivity index (χ2v) is 22.1. The Labute approximate surface area is 476 Å². The minimum atomic E-state index is -4.33. The van der Waals surface area contributed by atoms with Crippen LogP contribution in [-0.4, -0.2) is 184 Å². The summed E-state index contributed by atoms with van der Waals surface area (Å²) < 4.78 is 31.0. The number of primary amides is 1. The Hall–Kier alpha value is -7.90. The summed E-state index contributed by atoms with van der Waals surface area (Å²) in [6.45, 7) is 4.28. The molecule has 8 amide bonds. The number of benzene rings is 2. The van der Waals surface area contributed by atoms with Crippen LogP contribution >= 0.6 is 0 Å². The Kier molecular flexibility index (Phi) is 27.6. The number of aliphatic hydroxyl groups is 1. The van der Waals surface area contributed by atoms with Crippen molar-refractivity contribution < 1.29 is 61.8 Å². The number of amides is 8. The van der Waals surface area contributed by atoms with Gasteiger partial charge in [0.2, 0.25) is 57.3 Å². The maximum atomic E-state index is 14.4. The largest absolute Gasteiger partial charge is 0.481 e. The fraction of sp³-hybridized carbons (Fsp3) is 0.588. The van der Waals surface area contributed by atoms with Crippen LogP contribution in [0.25, 0.3) is 10.8 Å².